The number of hydrogen-bond acceptors (Lipinski definition) is 5. The molecule has 0 spiro atoms. The zero-order chi connectivity index (χ0) is 19.6. The summed E-state index contributed by atoms with van der Waals surface area (Å²) in [5, 5.41) is 2.87. The van der Waals surface area contributed by atoms with E-state index in [1.165, 1.54) is 0 Å². The van der Waals surface area contributed by atoms with Gasteiger partial charge in [-0.3, -0.25) is 4.79 Å². The smallest absolute Gasteiger partial charge is 0.254 e. The van der Waals surface area contributed by atoms with Gasteiger partial charge in [0.1, 0.15) is 11.2 Å². The molecule has 0 radical (unpaired) electrons. The van der Waals surface area contributed by atoms with Crippen molar-refractivity contribution in [3.05, 3.63) is 52.3 Å². The predicted octanol–water partition coefficient (Wildman–Crippen LogP) is 3.40. The highest BCUT2D eigenvalue weighted by molar-refractivity contribution is 7.71. The monoisotopic (exact) mass is 389 g/mol. The maximum Gasteiger partial charge on any atom is 0.254 e. The number of rotatable bonds is 10. The Morgan fingerprint density at radius 3 is 2.67 bits per heavy atom. The summed E-state index contributed by atoms with van der Waals surface area (Å²) in [6, 6.07) is 9.11. The molecule has 1 amide bonds. The second-order valence-electron chi connectivity index (χ2n) is 5.96. The van der Waals surface area contributed by atoms with Crippen LogP contribution < -0.4 is 14.8 Å². The number of H-pyrrole nitrogens is 1. The van der Waals surface area contributed by atoms with Crippen LogP contribution in [-0.4, -0.2) is 49.1 Å². The molecule has 1 aromatic carbocycles. The number of carbonyl (C=O) groups excluding carboxylic acids is 1. The Hall–Kier alpha value is -2.38. The Bertz CT molecular complexity index is 803. The summed E-state index contributed by atoms with van der Waals surface area (Å²) < 4.78 is 11.7. The summed E-state index contributed by atoms with van der Waals surface area (Å²) >= 11 is 5.14. The fraction of sp³-hybridized carbons (Fsp3) is 0.400. The zero-order valence-corrected chi connectivity index (χ0v) is 16.9. The molecule has 0 atom stereocenters. The first-order chi connectivity index (χ1) is 13.1. The number of carbonyl (C=O) groups is 1. The SMILES string of the molecule is CCN(CC)CCOc1ccc(CNC(=O)c2ccc[nH]c2=S)cc1OC. The molecule has 27 heavy (non-hydrogen) atoms. The second-order valence-corrected chi connectivity index (χ2v) is 6.36. The van der Waals surface area contributed by atoms with Crippen molar-refractivity contribution in [1.29, 1.82) is 0 Å². The third kappa shape index (κ3) is 6.08. The van der Waals surface area contributed by atoms with Crippen molar-refractivity contribution in [2.24, 2.45) is 0 Å². The molecule has 0 saturated heterocycles. The molecule has 7 heteroatoms. The Morgan fingerprint density at radius 1 is 1.22 bits per heavy atom. The Kier molecular flexibility index (Phi) is 8.29. The zero-order valence-electron chi connectivity index (χ0n) is 16.1. The summed E-state index contributed by atoms with van der Waals surface area (Å²) in [6.45, 7) is 8.11. The lowest BCUT2D eigenvalue weighted by Gasteiger charge is -2.19. The van der Waals surface area contributed by atoms with Gasteiger partial charge in [-0.25, -0.2) is 0 Å². The first kappa shape index (κ1) is 20.9. The molecule has 146 valence electrons. The lowest BCUT2D eigenvalue weighted by Crippen LogP contribution is -2.28. The number of aromatic nitrogens is 1. The van der Waals surface area contributed by atoms with Crippen molar-refractivity contribution in [3.8, 4) is 11.5 Å². The molecule has 0 aliphatic heterocycles. The minimum Gasteiger partial charge on any atom is -0.493 e. The number of nitrogens with zero attached hydrogens (tertiary/aromatic N) is 1. The molecule has 0 unspecified atom stereocenters. The summed E-state index contributed by atoms with van der Waals surface area (Å²) in [5.41, 5.74) is 1.37. The number of benzene rings is 1. The number of pyridine rings is 1. The van der Waals surface area contributed by atoms with Gasteiger partial charge in [0.25, 0.3) is 5.91 Å². The van der Waals surface area contributed by atoms with E-state index in [4.69, 9.17) is 21.7 Å². The average Bonchev–Trinajstić information content (AvgIpc) is 2.70. The van der Waals surface area contributed by atoms with E-state index >= 15 is 0 Å². The van der Waals surface area contributed by atoms with Crippen LogP contribution in [0.25, 0.3) is 0 Å². The van der Waals surface area contributed by atoms with Crippen molar-refractivity contribution in [2.45, 2.75) is 20.4 Å². The standard InChI is InChI=1S/C20H27N3O3S/c1-4-23(5-2)11-12-26-17-9-8-15(13-18(17)25-3)14-22-19(24)16-7-6-10-21-20(16)27/h6-10,13H,4-5,11-12,14H2,1-3H3,(H,21,27)(H,22,24). The van der Waals surface area contributed by atoms with E-state index in [1.807, 2.05) is 18.2 Å². The number of nitrogens with one attached hydrogen (secondary N) is 2. The Labute approximate surface area is 165 Å². The average molecular weight is 390 g/mol. The molecule has 0 fully saturated rings. The number of aromatic amines is 1. The highest BCUT2D eigenvalue weighted by atomic mass is 32.1. The van der Waals surface area contributed by atoms with Crippen LogP contribution in [-0.2, 0) is 6.54 Å². The minimum atomic E-state index is -0.213. The van der Waals surface area contributed by atoms with Crippen LogP contribution in [0.4, 0.5) is 0 Å². The van der Waals surface area contributed by atoms with E-state index in [1.54, 1.807) is 25.4 Å². The maximum atomic E-state index is 12.3. The summed E-state index contributed by atoms with van der Waals surface area (Å²) in [5.74, 6) is 1.14. The largest absolute Gasteiger partial charge is 0.493 e. The van der Waals surface area contributed by atoms with Crippen molar-refractivity contribution >= 4 is 18.1 Å². The van der Waals surface area contributed by atoms with Gasteiger partial charge in [0.05, 0.1) is 12.7 Å². The third-order valence-corrected chi connectivity index (χ3v) is 4.64. The van der Waals surface area contributed by atoms with Gasteiger partial charge in [-0.05, 0) is 42.9 Å². The lowest BCUT2D eigenvalue weighted by molar-refractivity contribution is 0.0950. The van der Waals surface area contributed by atoms with Crippen molar-refractivity contribution in [3.63, 3.8) is 0 Å². The van der Waals surface area contributed by atoms with Crippen molar-refractivity contribution < 1.29 is 14.3 Å². The fourth-order valence-corrected chi connectivity index (χ4v) is 2.87. The van der Waals surface area contributed by atoms with Crippen LogP contribution in [0.5, 0.6) is 11.5 Å². The van der Waals surface area contributed by atoms with Crippen LogP contribution in [0.3, 0.4) is 0 Å². The lowest BCUT2D eigenvalue weighted by atomic mass is 10.2. The molecule has 1 aromatic heterocycles. The summed E-state index contributed by atoms with van der Waals surface area (Å²) in [6.07, 6.45) is 1.70. The molecular weight excluding hydrogens is 362 g/mol. The number of amides is 1. The van der Waals surface area contributed by atoms with E-state index in [-0.39, 0.29) is 5.91 Å². The van der Waals surface area contributed by atoms with E-state index < -0.39 is 0 Å². The van der Waals surface area contributed by atoms with Gasteiger partial charge in [0.2, 0.25) is 0 Å². The molecule has 6 nitrogen and oxygen atoms in total. The van der Waals surface area contributed by atoms with Crippen LogP contribution in [0.15, 0.2) is 36.5 Å². The van der Waals surface area contributed by atoms with Crippen LogP contribution >= 0.6 is 12.2 Å². The van der Waals surface area contributed by atoms with Crippen LogP contribution in [0.2, 0.25) is 0 Å². The molecule has 0 bridgehead atoms. The minimum absolute atomic E-state index is 0.213. The highest BCUT2D eigenvalue weighted by Gasteiger charge is 2.10. The van der Waals surface area contributed by atoms with Crippen molar-refractivity contribution in [2.75, 3.05) is 33.4 Å². The molecular formula is C20H27N3O3S. The molecule has 1 heterocycles. The second kappa shape index (κ2) is 10.7. The van der Waals surface area contributed by atoms with Gasteiger partial charge in [0, 0.05) is 19.3 Å². The molecule has 2 aromatic rings. The van der Waals surface area contributed by atoms with Crippen molar-refractivity contribution in [1.82, 2.24) is 15.2 Å². The number of hydrogen-bond donors (Lipinski definition) is 2. The molecule has 0 saturated carbocycles. The normalized spacial score (nSPS) is 10.7. The van der Waals surface area contributed by atoms with E-state index in [0.717, 1.165) is 25.2 Å². The molecule has 0 aliphatic carbocycles. The van der Waals surface area contributed by atoms with Gasteiger partial charge in [-0.2, -0.15) is 0 Å². The first-order valence-electron chi connectivity index (χ1n) is 9.07. The van der Waals surface area contributed by atoms with E-state index in [9.17, 15) is 4.79 Å². The predicted molar refractivity (Wildman–Crippen MR) is 109 cm³/mol. The number of methoxy groups -OCH3 is 1. The first-order valence-corrected chi connectivity index (χ1v) is 9.47. The Morgan fingerprint density at radius 2 is 2.00 bits per heavy atom. The van der Waals surface area contributed by atoms with Crippen LogP contribution in [0, 0.1) is 4.64 Å². The molecule has 2 rings (SSSR count). The van der Waals surface area contributed by atoms with Gasteiger partial charge >= 0.3 is 0 Å². The van der Waals surface area contributed by atoms with Gasteiger partial charge in [0.15, 0.2) is 11.5 Å². The van der Waals surface area contributed by atoms with Crippen LogP contribution in [0.1, 0.15) is 29.8 Å². The van der Waals surface area contributed by atoms with E-state index in [2.05, 4.69) is 29.0 Å². The number of ether oxygens (including phenoxy) is 2. The molecule has 2 N–H and O–H groups in total. The Balaban J connectivity index is 1.96. The van der Waals surface area contributed by atoms with Gasteiger partial charge in [-0.15, -0.1) is 0 Å². The highest BCUT2D eigenvalue weighted by Crippen LogP contribution is 2.28. The third-order valence-electron chi connectivity index (χ3n) is 4.30. The topological polar surface area (TPSA) is 66.6 Å². The van der Waals surface area contributed by atoms with Gasteiger partial charge < -0.3 is 24.7 Å². The maximum absolute atomic E-state index is 12.3. The van der Waals surface area contributed by atoms with E-state index in [0.29, 0.717) is 34.9 Å². The fourth-order valence-electron chi connectivity index (χ4n) is 2.64. The summed E-state index contributed by atoms with van der Waals surface area (Å²) in [4.78, 5) is 17.4. The quantitative estimate of drug-likeness (QED) is 0.610. The summed E-state index contributed by atoms with van der Waals surface area (Å²) in [7, 11) is 1.61. The molecule has 0 aliphatic rings. The van der Waals surface area contributed by atoms with Gasteiger partial charge in [-0.1, -0.05) is 32.1 Å². The number of likely N-dealkylation sites (N-methyl/N-ethyl adjacent to an activating group) is 1.